The first kappa shape index (κ1) is 24.3. The van der Waals surface area contributed by atoms with Crippen molar-refractivity contribution in [2.45, 2.75) is 57.2 Å². The maximum Gasteiger partial charge on any atom is 0.256 e. The maximum absolute atomic E-state index is 14.5. The van der Waals surface area contributed by atoms with E-state index in [4.69, 9.17) is 5.73 Å². The number of benzene rings is 2. The Hall–Kier alpha value is -3.39. The van der Waals surface area contributed by atoms with Crippen LogP contribution in [0.3, 0.4) is 0 Å². The summed E-state index contributed by atoms with van der Waals surface area (Å²) in [5.74, 6) is -2.38. The average molecular weight is 496 g/mol. The summed E-state index contributed by atoms with van der Waals surface area (Å²) in [4.78, 5) is 11.4. The molecule has 5 nitrogen and oxygen atoms in total. The Morgan fingerprint density at radius 1 is 1.22 bits per heavy atom. The summed E-state index contributed by atoms with van der Waals surface area (Å²) < 4.78 is 44.1. The van der Waals surface area contributed by atoms with E-state index in [0.717, 1.165) is 28.6 Å². The fourth-order valence-corrected chi connectivity index (χ4v) is 6.18. The second-order valence-corrected chi connectivity index (χ2v) is 9.83. The van der Waals surface area contributed by atoms with Gasteiger partial charge in [0, 0.05) is 11.0 Å². The van der Waals surface area contributed by atoms with Gasteiger partial charge in [-0.1, -0.05) is 24.6 Å². The lowest BCUT2D eigenvalue weighted by Crippen LogP contribution is -2.47. The van der Waals surface area contributed by atoms with Crippen molar-refractivity contribution in [2.24, 2.45) is 11.1 Å². The molecule has 5 rings (SSSR count). The highest BCUT2D eigenvalue weighted by Crippen LogP contribution is 2.59. The van der Waals surface area contributed by atoms with Gasteiger partial charge in [-0.15, -0.1) is 0 Å². The molecule has 0 bridgehead atoms. The number of fused-ring (bicyclic) bond motifs is 2. The Labute approximate surface area is 207 Å². The summed E-state index contributed by atoms with van der Waals surface area (Å²) in [6.07, 6.45) is 4.55. The highest BCUT2D eigenvalue weighted by atomic mass is 19.1. The van der Waals surface area contributed by atoms with Crippen molar-refractivity contribution in [1.29, 1.82) is 0 Å². The summed E-state index contributed by atoms with van der Waals surface area (Å²) in [6.45, 7) is 2.04. The predicted octanol–water partition coefficient (Wildman–Crippen LogP) is 5.14. The fraction of sp³-hybridized carbons (Fsp3) is 0.357. The predicted molar refractivity (Wildman–Crippen MR) is 130 cm³/mol. The van der Waals surface area contributed by atoms with E-state index in [9.17, 15) is 23.1 Å². The molecule has 36 heavy (non-hydrogen) atoms. The van der Waals surface area contributed by atoms with Gasteiger partial charge in [-0.3, -0.25) is 4.79 Å². The SMILES string of the molecule is CCC12Cc3cnn(-c4ccc(F)cc4)c3C=C1CC[C@@]2(O)CCc1cccc(F)c1[C@@H](F)C(N)=O. The van der Waals surface area contributed by atoms with Crippen LogP contribution in [0.5, 0.6) is 0 Å². The first-order valence-corrected chi connectivity index (χ1v) is 12.2. The molecule has 1 saturated carbocycles. The van der Waals surface area contributed by atoms with E-state index in [-0.39, 0.29) is 24.2 Å². The summed E-state index contributed by atoms with van der Waals surface area (Å²) in [5.41, 5.74) is 7.21. The van der Waals surface area contributed by atoms with Gasteiger partial charge in [0.1, 0.15) is 11.6 Å². The molecule has 2 aromatic carbocycles. The molecule has 3 aromatic rings. The number of nitrogens with zero attached hydrogens (tertiary/aromatic N) is 2. The molecule has 1 fully saturated rings. The van der Waals surface area contributed by atoms with Gasteiger partial charge >= 0.3 is 0 Å². The van der Waals surface area contributed by atoms with Crippen molar-refractivity contribution in [3.8, 4) is 5.69 Å². The number of rotatable bonds is 7. The molecule has 8 heteroatoms. The van der Waals surface area contributed by atoms with Crippen LogP contribution >= 0.6 is 0 Å². The van der Waals surface area contributed by atoms with Gasteiger partial charge in [0.15, 0.2) is 0 Å². The quantitative estimate of drug-likeness (QED) is 0.476. The smallest absolute Gasteiger partial charge is 0.256 e. The second-order valence-electron chi connectivity index (χ2n) is 9.83. The number of aromatic nitrogens is 2. The zero-order valence-corrected chi connectivity index (χ0v) is 20.0. The van der Waals surface area contributed by atoms with E-state index in [1.165, 1.54) is 18.2 Å². The van der Waals surface area contributed by atoms with Crippen molar-refractivity contribution < 1.29 is 23.1 Å². The molecule has 1 amide bonds. The van der Waals surface area contributed by atoms with Crippen molar-refractivity contribution in [3.63, 3.8) is 0 Å². The van der Waals surface area contributed by atoms with Crippen LogP contribution in [-0.4, -0.2) is 26.4 Å². The largest absolute Gasteiger partial charge is 0.389 e. The number of aliphatic hydroxyl groups is 1. The van der Waals surface area contributed by atoms with Crippen molar-refractivity contribution in [3.05, 3.63) is 88.3 Å². The third-order valence-electron chi connectivity index (χ3n) is 8.13. The van der Waals surface area contributed by atoms with E-state index in [0.29, 0.717) is 31.2 Å². The maximum atomic E-state index is 14.5. The van der Waals surface area contributed by atoms with Gasteiger partial charge < -0.3 is 10.8 Å². The topological polar surface area (TPSA) is 81.1 Å². The number of hydrogen-bond acceptors (Lipinski definition) is 3. The summed E-state index contributed by atoms with van der Waals surface area (Å²) in [6, 6.07) is 10.3. The lowest BCUT2D eigenvalue weighted by molar-refractivity contribution is -0.123. The first-order valence-electron chi connectivity index (χ1n) is 12.2. The molecule has 0 aliphatic heterocycles. The average Bonchev–Trinajstić information content (AvgIpc) is 3.40. The minimum atomic E-state index is -2.25. The third-order valence-corrected chi connectivity index (χ3v) is 8.13. The normalized spacial score (nSPS) is 23.6. The summed E-state index contributed by atoms with van der Waals surface area (Å²) in [5, 5.41) is 16.5. The van der Waals surface area contributed by atoms with Crippen LogP contribution in [0.4, 0.5) is 13.2 Å². The molecule has 2 aliphatic carbocycles. The van der Waals surface area contributed by atoms with E-state index in [2.05, 4.69) is 11.2 Å². The third kappa shape index (κ3) is 3.75. The Balaban J connectivity index is 1.46. The van der Waals surface area contributed by atoms with E-state index in [1.807, 2.05) is 6.92 Å². The van der Waals surface area contributed by atoms with Crippen LogP contribution in [0.2, 0.25) is 0 Å². The van der Waals surface area contributed by atoms with Crippen LogP contribution in [0.15, 0.2) is 54.2 Å². The van der Waals surface area contributed by atoms with Gasteiger partial charge in [-0.25, -0.2) is 17.9 Å². The van der Waals surface area contributed by atoms with Gasteiger partial charge in [0.2, 0.25) is 6.17 Å². The molecule has 3 N–H and O–H groups in total. The van der Waals surface area contributed by atoms with Crippen molar-refractivity contribution >= 4 is 12.0 Å². The van der Waals surface area contributed by atoms with Crippen LogP contribution in [-0.2, 0) is 17.6 Å². The Bertz CT molecular complexity index is 1350. The molecule has 1 aromatic heterocycles. The molecule has 2 aliphatic rings. The monoisotopic (exact) mass is 495 g/mol. The molecule has 0 saturated heterocycles. The minimum absolute atomic E-state index is 0.202. The molecular weight excluding hydrogens is 467 g/mol. The molecule has 188 valence electrons. The molecule has 1 unspecified atom stereocenters. The molecule has 0 radical (unpaired) electrons. The number of nitrogens with two attached hydrogens (primary N) is 1. The van der Waals surface area contributed by atoms with Crippen molar-refractivity contribution in [2.75, 3.05) is 0 Å². The second kappa shape index (κ2) is 8.92. The fourth-order valence-electron chi connectivity index (χ4n) is 6.18. The van der Waals surface area contributed by atoms with Gasteiger partial charge in [-0.2, -0.15) is 5.10 Å². The van der Waals surface area contributed by atoms with Crippen LogP contribution < -0.4 is 5.73 Å². The number of carbonyl (C=O) groups is 1. The first-order chi connectivity index (χ1) is 17.2. The lowest BCUT2D eigenvalue weighted by Gasteiger charge is -2.45. The number of aryl methyl sites for hydroxylation is 1. The summed E-state index contributed by atoms with van der Waals surface area (Å²) >= 11 is 0. The van der Waals surface area contributed by atoms with E-state index >= 15 is 0 Å². The van der Waals surface area contributed by atoms with E-state index < -0.39 is 28.9 Å². The van der Waals surface area contributed by atoms with Crippen molar-refractivity contribution in [1.82, 2.24) is 9.78 Å². The number of primary amides is 1. The highest BCUT2D eigenvalue weighted by molar-refractivity contribution is 5.80. The summed E-state index contributed by atoms with van der Waals surface area (Å²) in [7, 11) is 0. The molecular formula is C28H28F3N3O2. The number of hydrogen-bond donors (Lipinski definition) is 2. The lowest BCUT2D eigenvalue weighted by atomic mass is 9.63. The molecule has 3 atom stereocenters. The molecule has 0 spiro atoms. The number of halogens is 3. The number of amides is 1. The Morgan fingerprint density at radius 3 is 2.67 bits per heavy atom. The number of alkyl halides is 1. The Morgan fingerprint density at radius 2 is 1.97 bits per heavy atom. The molecule has 1 heterocycles. The highest BCUT2D eigenvalue weighted by Gasteiger charge is 2.56. The zero-order valence-electron chi connectivity index (χ0n) is 20.0. The van der Waals surface area contributed by atoms with Crippen LogP contribution in [0, 0.1) is 17.0 Å². The number of carbonyl (C=O) groups excluding carboxylic acids is 1. The van der Waals surface area contributed by atoms with Gasteiger partial charge in [-0.05, 0) is 86.1 Å². The zero-order chi connectivity index (χ0) is 25.7. The van der Waals surface area contributed by atoms with Crippen LogP contribution in [0.25, 0.3) is 11.8 Å². The van der Waals surface area contributed by atoms with E-state index in [1.54, 1.807) is 29.1 Å². The van der Waals surface area contributed by atoms with Gasteiger partial charge in [0.05, 0.1) is 23.2 Å². The standard InChI is InChI=1S/C28H28F3N3O2/c1-2-27-15-18-16-33-34(21-8-6-20(29)7-9-21)23(18)14-19(27)11-13-28(27,36)12-10-17-4-3-5-22(30)24(17)25(31)26(32)35/h3-9,14,16,25,36H,2,10-13,15H2,1H3,(H2,32,35)/t25-,27?,28+/m1/s1. The van der Waals surface area contributed by atoms with Gasteiger partial charge in [0.25, 0.3) is 5.91 Å². The minimum Gasteiger partial charge on any atom is -0.389 e. The van der Waals surface area contributed by atoms with Crippen LogP contribution in [0.1, 0.15) is 61.2 Å². The Kier molecular flexibility index (Phi) is 6.03.